The van der Waals surface area contributed by atoms with Crippen LogP contribution in [0.15, 0.2) is 43.0 Å². The zero-order valence-corrected chi connectivity index (χ0v) is 19.5. The average Bonchev–Trinajstić information content (AvgIpc) is 3.22. The maximum absolute atomic E-state index is 12.4. The van der Waals surface area contributed by atoms with Crippen LogP contribution >= 0.6 is 11.6 Å². The molecule has 0 radical (unpaired) electrons. The summed E-state index contributed by atoms with van der Waals surface area (Å²) in [4.78, 5) is 48.8. The van der Waals surface area contributed by atoms with Crippen molar-refractivity contribution in [1.29, 1.82) is 0 Å². The number of esters is 3. The summed E-state index contributed by atoms with van der Waals surface area (Å²) < 4.78 is 24.7. The first kappa shape index (κ1) is 23.2. The Labute approximate surface area is 204 Å². The molecule has 1 saturated heterocycles. The van der Waals surface area contributed by atoms with Crippen LogP contribution in [-0.4, -0.2) is 61.8 Å². The van der Waals surface area contributed by atoms with Crippen molar-refractivity contribution in [2.75, 3.05) is 6.61 Å². The molecule has 11 nitrogen and oxygen atoms in total. The van der Waals surface area contributed by atoms with E-state index in [-0.39, 0.29) is 17.7 Å². The lowest BCUT2D eigenvalue weighted by Gasteiger charge is -2.24. The lowest BCUT2D eigenvalue weighted by Crippen LogP contribution is -2.41. The molecule has 0 bridgehead atoms. The van der Waals surface area contributed by atoms with Crippen molar-refractivity contribution in [2.24, 2.45) is 5.92 Å². The molecule has 1 unspecified atom stereocenters. The van der Waals surface area contributed by atoms with E-state index in [1.54, 1.807) is 34.9 Å². The summed E-state index contributed by atoms with van der Waals surface area (Å²) in [7, 11) is 0. The number of carbonyl (C=O) groups is 3. The summed E-state index contributed by atoms with van der Waals surface area (Å²) in [5.41, 5.74) is 0.0936. The Hall–Kier alpha value is -3.57. The van der Waals surface area contributed by atoms with Crippen LogP contribution < -0.4 is 0 Å². The molecule has 35 heavy (non-hydrogen) atoms. The maximum Gasteiger partial charge on any atom is 0.338 e. The van der Waals surface area contributed by atoms with Crippen LogP contribution in [0.4, 0.5) is 0 Å². The van der Waals surface area contributed by atoms with Crippen LogP contribution in [0.2, 0.25) is 5.15 Å². The third kappa shape index (κ3) is 4.21. The number of hydrogen-bond acceptors (Lipinski definition) is 10. The highest BCUT2D eigenvalue weighted by molar-refractivity contribution is 6.33. The maximum atomic E-state index is 12.4. The predicted molar refractivity (Wildman–Crippen MR) is 119 cm³/mol. The van der Waals surface area contributed by atoms with Crippen molar-refractivity contribution in [3.8, 4) is 0 Å². The molecular weight excluding hydrogens is 480 g/mol. The number of carbonyl (C=O) groups excluding carboxylic acids is 3. The normalized spacial score (nSPS) is 27.1. The van der Waals surface area contributed by atoms with Gasteiger partial charge in [-0.2, -0.15) is 0 Å². The van der Waals surface area contributed by atoms with Gasteiger partial charge in [0.15, 0.2) is 29.2 Å². The van der Waals surface area contributed by atoms with Gasteiger partial charge in [-0.05, 0) is 18.6 Å². The van der Waals surface area contributed by atoms with E-state index >= 15 is 0 Å². The zero-order chi connectivity index (χ0) is 24.7. The molecule has 1 aromatic carbocycles. The number of rotatable bonds is 6. The molecule has 5 rings (SSSR count). The van der Waals surface area contributed by atoms with Crippen molar-refractivity contribution in [3.05, 3.63) is 53.7 Å². The van der Waals surface area contributed by atoms with Crippen LogP contribution in [0.25, 0.3) is 11.2 Å². The first-order chi connectivity index (χ1) is 16.8. The largest absolute Gasteiger partial charge is 0.462 e. The van der Waals surface area contributed by atoms with Crippen LogP contribution in [0, 0.1) is 5.92 Å². The third-order valence-corrected chi connectivity index (χ3v) is 6.38. The first-order valence-corrected chi connectivity index (χ1v) is 11.3. The third-order valence-electron chi connectivity index (χ3n) is 6.11. The van der Waals surface area contributed by atoms with Crippen LogP contribution in [0.5, 0.6) is 0 Å². The van der Waals surface area contributed by atoms with Gasteiger partial charge in [-0.1, -0.05) is 29.8 Å². The Balaban J connectivity index is 1.44. The minimum atomic E-state index is -1.03. The molecule has 0 N–H and O–H groups in total. The lowest BCUT2D eigenvalue weighted by atomic mass is 10.1. The van der Waals surface area contributed by atoms with Gasteiger partial charge in [-0.3, -0.25) is 14.2 Å². The summed E-state index contributed by atoms with van der Waals surface area (Å²) in [6.07, 6.45) is 0.281. The highest BCUT2D eigenvalue weighted by Crippen LogP contribution is 2.59. The molecule has 1 aliphatic carbocycles. The Morgan fingerprint density at radius 3 is 2.57 bits per heavy atom. The molecule has 2 aromatic heterocycles. The highest BCUT2D eigenvalue weighted by atomic mass is 35.5. The molecule has 1 spiro atoms. The molecule has 0 amide bonds. The van der Waals surface area contributed by atoms with Gasteiger partial charge in [-0.15, -0.1) is 0 Å². The van der Waals surface area contributed by atoms with E-state index in [1.807, 2.05) is 0 Å². The second-order valence-corrected chi connectivity index (χ2v) is 8.78. The van der Waals surface area contributed by atoms with Gasteiger partial charge < -0.3 is 18.9 Å². The van der Waals surface area contributed by atoms with Gasteiger partial charge in [-0.25, -0.2) is 19.7 Å². The van der Waals surface area contributed by atoms with E-state index in [0.29, 0.717) is 23.1 Å². The lowest BCUT2D eigenvalue weighted by molar-refractivity contribution is -0.166. The summed E-state index contributed by atoms with van der Waals surface area (Å²) in [6.45, 7) is 2.55. The average molecular weight is 501 g/mol. The highest BCUT2D eigenvalue weighted by Gasteiger charge is 2.72. The Bertz CT molecular complexity index is 1300. The van der Waals surface area contributed by atoms with Crippen molar-refractivity contribution < 1.29 is 33.3 Å². The molecule has 182 valence electrons. The number of benzene rings is 1. The second kappa shape index (κ2) is 8.90. The molecular formula is C23H21ClN4O7. The smallest absolute Gasteiger partial charge is 0.338 e. The monoisotopic (exact) mass is 500 g/mol. The van der Waals surface area contributed by atoms with E-state index in [9.17, 15) is 14.4 Å². The molecule has 2 aliphatic rings. The van der Waals surface area contributed by atoms with Gasteiger partial charge in [0.2, 0.25) is 0 Å². The number of aromatic nitrogens is 4. The van der Waals surface area contributed by atoms with Gasteiger partial charge in [0.05, 0.1) is 18.5 Å². The number of halogens is 1. The van der Waals surface area contributed by atoms with E-state index in [0.717, 1.165) is 0 Å². The standard InChI is InChI=1S/C23H21ClN4O7/c1-12(29)33-17-18(34-13(2)30)23(8-15(23)9-32-22(31)14-6-4-3-5-7-14)35-21(17)28-11-27-16-19(24)25-10-26-20(16)28/h3-7,10-11,15,17-18,21H,8-9H2,1-2H3/t15-,17-,18?,21+,23-/m0/s1. The molecule has 1 aliphatic heterocycles. The quantitative estimate of drug-likeness (QED) is 0.282. The second-order valence-electron chi connectivity index (χ2n) is 8.42. The fraction of sp³-hybridized carbons (Fsp3) is 0.391. The van der Waals surface area contributed by atoms with Crippen LogP contribution in [0.1, 0.15) is 36.9 Å². The fourth-order valence-electron chi connectivity index (χ4n) is 4.52. The first-order valence-electron chi connectivity index (χ1n) is 10.9. The molecule has 1 saturated carbocycles. The number of ether oxygens (including phenoxy) is 4. The van der Waals surface area contributed by atoms with E-state index in [1.165, 1.54) is 26.5 Å². The summed E-state index contributed by atoms with van der Waals surface area (Å²) in [5.74, 6) is -1.92. The van der Waals surface area contributed by atoms with Crippen LogP contribution in [-0.2, 0) is 28.5 Å². The van der Waals surface area contributed by atoms with E-state index < -0.39 is 41.9 Å². The Morgan fingerprint density at radius 2 is 1.86 bits per heavy atom. The van der Waals surface area contributed by atoms with Crippen LogP contribution in [0.3, 0.4) is 0 Å². The molecule has 2 fully saturated rings. The van der Waals surface area contributed by atoms with Gasteiger partial charge in [0.1, 0.15) is 17.4 Å². The van der Waals surface area contributed by atoms with Crippen molar-refractivity contribution in [3.63, 3.8) is 0 Å². The Morgan fingerprint density at radius 1 is 1.11 bits per heavy atom. The molecule has 3 heterocycles. The van der Waals surface area contributed by atoms with E-state index in [4.69, 9.17) is 30.5 Å². The van der Waals surface area contributed by atoms with Crippen molar-refractivity contribution in [2.45, 2.75) is 44.3 Å². The summed E-state index contributed by atoms with van der Waals surface area (Å²) >= 11 is 6.14. The summed E-state index contributed by atoms with van der Waals surface area (Å²) in [5, 5.41) is 0.152. The minimum absolute atomic E-state index is 0.0314. The van der Waals surface area contributed by atoms with Crippen molar-refractivity contribution in [1.82, 2.24) is 19.5 Å². The number of hydrogen-bond donors (Lipinski definition) is 0. The predicted octanol–water partition coefficient (Wildman–Crippen LogP) is 2.49. The molecule has 3 aromatic rings. The topological polar surface area (TPSA) is 132 Å². The molecule has 12 heteroatoms. The minimum Gasteiger partial charge on any atom is -0.462 e. The number of fused-ring (bicyclic) bond motifs is 1. The van der Waals surface area contributed by atoms with E-state index in [2.05, 4.69) is 15.0 Å². The van der Waals surface area contributed by atoms with Gasteiger partial charge in [0.25, 0.3) is 0 Å². The molecule has 5 atom stereocenters. The zero-order valence-electron chi connectivity index (χ0n) is 18.8. The van der Waals surface area contributed by atoms with Crippen molar-refractivity contribution >= 4 is 40.7 Å². The van der Waals surface area contributed by atoms with Gasteiger partial charge >= 0.3 is 17.9 Å². The SMILES string of the molecule is CC(=O)OC1[C@H](OC(C)=O)[C@H](n2cnc3c(Cl)ncnc32)O[C@]12C[C@H]2COC(=O)c1ccccc1. The fourth-order valence-corrected chi connectivity index (χ4v) is 4.70. The summed E-state index contributed by atoms with van der Waals surface area (Å²) in [6, 6.07) is 8.60. The Kier molecular flexibility index (Phi) is 5.89. The van der Waals surface area contributed by atoms with Gasteiger partial charge in [0, 0.05) is 19.8 Å². The number of nitrogens with zero attached hydrogens (tertiary/aromatic N) is 4. The number of imidazole rings is 1.